The number of benzene rings is 3. The molecule has 44 heavy (non-hydrogen) atoms. The van der Waals surface area contributed by atoms with Gasteiger partial charge < -0.3 is 15.2 Å². The van der Waals surface area contributed by atoms with E-state index in [0.29, 0.717) is 15.8 Å². The van der Waals surface area contributed by atoms with Crippen molar-refractivity contribution in [1.29, 1.82) is 0 Å². The molecule has 1 aromatic heterocycles. The van der Waals surface area contributed by atoms with Crippen molar-refractivity contribution >= 4 is 11.9 Å². The van der Waals surface area contributed by atoms with Crippen molar-refractivity contribution in [2.75, 3.05) is 0 Å². The molecule has 232 valence electrons. The fraction of sp³-hybridized carbons (Fsp3) is 0.258. The minimum absolute atomic E-state index is 0.0834. The van der Waals surface area contributed by atoms with Crippen LogP contribution in [0.3, 0.4) is 0 Å². The number of carbonyl (C=O) groups excluding carboxylic acids is 1. The first-order valence-electron chi connectivity index (χ1n) is 13.2. The third kappa shape index (κ3) is 7.77. The second-order valence-corrected chi connectivity index (χ2v) is 10.9. The number of ether oxygens (including phenoxy) is 1. The highest BCUT2D eigenvalue weighted by molar-refractivity contribution is 5.96. The third-order valence-electron chi connectivity index (χ3n) is 6.68. The number of amides is 1. The first-order valence-corrected chi connectivity index (χ1v) is 13.2. The lowest BCUT2D eigenvalue weighted by Gasteiger charge is -2.20. The number of carboxylic acid groups (broad SMARTS) is 1. The van der Waals surface area contributed by atoms with E-state index in [1.165, 1.54) is 48.5 Å². The summed E-state index contributed by atoms with van der Waals surface area (Å²) >= 11 is 0. The Morgan fingerprint density at radius 1 is 0.864 bits per heavy atom. The van der Waals surface area contributed by atoms with Crippen LogP contribution in [-0.4, -0.2) is 33.1 Å². The van der Waals surface area contributed by atoms with Gasteiger partial charge in [0.1, 0.15) is 5.75 Å². The van der Waals surface area contributed by atoms with Gasteiger partial charge in [0.05, 0.1) is 29.9 Å². The Kier molecular flexibility index (Phi) is 8.80. The largest absolute Gasteiger partial charge is 0.573 e. The van der Waals surface area contributed by atoms with E-state index < -0.39 is 53.9 Å². The van der Waals surface area contributed by atoms with E-state index >= 15 is 0 Å². The van der Waals surface area contributed by atoms with E-state index in [2.05, 4.69) is 15.2 Å². The van der Waals surface area contributed by atoms with Crippen molar-refractivity contribution in [1.82, 2.24) is 15.1 Å². The molecule has 1 amide bonds. The maximum atomic E-state index is 14.2. The van der Waals surface area contributed by atoms with Crippen LogP contribution in [0.4, 0.5) is 26.3 Å². The van der Waals surface area contributed by atoms with Crippen LogP contribution < -0.4 is 10.1 Å². The monoisotopic (exact) mass is 619 g/mol. The van der Waals surface area contributed by atoms with Crippen LogP contribution in [0.5, 0.6) is 5.75 Å². The maximum Gasteiger partial charge on any atom is 0.573 e. The molecule has 1 atom stereocenters. The van der Waals surface area contributed by atoms with Gasteiger partial charge in [0, 0.05) is 0 Å². The zero-order valence-electron chi connectivity index (χ0n) is 23.6. The Morgan fingerprint density at radius 2 is 1.41 bits per heavy atom. The molecule has 2 N–H and O–H groups in total. The first kappa shape index (κ1) is 32.1. The highest BCUT2D eigenvalue weighted by Crippen LogP contribution is 2.35. The second-order valence-electron chi connectivity index (χ2n) is 10.9. The minimum Gasteiger partial charge on any atom is -0.481 e. The number of hydrogen-bond acceptors (Lipinski definition) is 4. The molecule has 1 unspecified atom stereocenters. The van der Waals surface area contributed by atoms with Gasteiger partial charge in [-0.1, -0.05) is 69.3 Å². The van der Waals surface area contributed by atoms with Gasteiger partial charge in [0.2, 0.25) is 0 Å². The molecule has 13 heteroatoms. The Labute approximate surface area is 248 Å². The number of nitrogens with one attached hydrogen (secondary N) is 1. The Balaban J connectivity index is 1.60. The molecule has 0 bridgehead atoms. The lowest BCUT2D eigenvalue weighted by Crippen LogP contribution is -2.31. The van der Waals surface area contributed by atoms with Crippen molar-refractivity contribution in [2.45, 2.75) is 51.2 Å². The summed E-state index contributed by atoms with van der Waals surface area (Å²) in [4.78, 5) is 24.8. The summed E-state index contributed by atoms with van der Waals surface area (Å²) in [6.07, 6.45) is -9.68. The van der Waals surface area contributed by atoms with Crippen LogP contribution in [0.1, 0.15) is 60.4 Å². The number of carboxylic acids is 1. The van der Waals surface area contributed by atoms with E-state index in [-0.39, 0.29) is 16.7 Å². The predicted molar refractivity (Wildman–Crippen MR) is 148 cm³/mol. The topological polar surface area (TPSA) is 93.5 Å². The second kappa shape index (κ2) is 12.1. The molecular formula is C31H27F6N3O4. The molecule has 0 aliphatic carbocycles. The van der Waals surface area contributed by atoms with Gasteiger partial charge in [-0.2, -0.15) is 18.3 Å². The summed E-state index contributed by atoms with van der Waals surface area (Å²) in [6, 6.07) is 16.1. The minimum atomic E-state index is -4.98. The Morgan fingerprint density at radius 3 is 1.89 bits per heavy atom. The van der Waals surface area contributed by atoms with Crippen molar-refractivity contribution in [2.24, 2.45) is 0 Å². The van der Waals surface area contributed by atoms with Crippen LogP contribution >= 0.6 is 0 Å². The molecular weight excluding hydrogens is 592 g/mol. The Bertz CT molecular complexity index is 1620. The lowest BCUT2D eigenvalue weighted by molar-refractivity contribution is -0.274. The molecule has 0 saturated heterocycles. The molecule has 7 nitrogen and oxygen atoms in total. The highest BCUT2D eigenvalue weighted by atomic mass is 19.4. The highest BCUT2D eigenvalue weighted by Gasteiger charge is 2.41. The van der Waals surface area contributed by atoms with Gasteiger partial charge in [-0.05, 0) is 51.9 Å². The standard InChI is InChI=1S/C31H27F6N3O4/c1-29(2,3)21-10-12-22(13-11-21)40-27(30(32,33)34)24(17-38-40)28(43)39-25(16-26(41)42)20-6-4-18(5-7-20)19-8-14-23(15-9-19)44-31(35,36)37/h4-15,17,25H,16H2,1-3H3,(H,39,43)(H,41,42). The third-order valence-corrected chi connectivity index (χ3v) is 6.68. The van der Waals surface area contributed by atoms with E-state index in [4.69, 9.17) is 0 Å². The van der Waals surface area contributed by atoms with Gasteiger partial charge in [-0.25, -0.2) is 4.68 Å². The summed E-state index contributed by atoms with van der Waals surface area (Å²) in [5.74, 6) is -2.90. The van der Waals surface area contributed by atoms with Gasteiger partial charge >= 0.3 is 18.5 Å². The molecule has 0 aliphatic rings. The van der Waals surface area contributed by atoms with Gasteiger partial charge in [-0.15, -0.1) is 13.2 Å². The van der Waals surface area contributed by atoms with E-state index in [1.54, 1.807) is 12.1 Å². The lowest BCUT2D eigenvalue weighted by atomic mass is 9.87. The van der Waals surface area contributed by atoms with Crippen molar-refractivity contribution in [3.63, 3.8) is 0 Å². The summed E-state index contributed by atoms with van der Waals surface area (Å²) in [5.41, 5.74) is -0.0381. The Hall–Kier alpha value is -4.81. The van der Waals surface area contributed by atoms with Crippen LogP contribution in [0.2, 0.25) is 0 Å². The number of aromatic nitrogens is 2. The van der Waals surface area contributed by atoms with Crippen LogP contribution in [0.25, 0.3) is 16.8 Å². The summed E-state index contributed by atoms with van der Waals surface area (Å²) in [5, 5.41) is 15.6. The van der Waals surface area contributed by atoms with Gasteiger partial charge in [0.15, 0.2) is 5.69 Å². The van der Waals surface area contributed by atoms with Gasteiger partial charge in [0.25, 0.3) is 5.91 Å². The number of halogens is 6. The summed E-state index contributed by atoms with van der Waals surface area (Å²) < 4.78 is 84.5. The molecule has 0 aliphatic heterocycles. The number of nitrogens with zero attached hydrogens (tertiary/aromatic N) is 2. The number of hydrogen-bond donors (Lipinski definition) is 2. The van der Waals surface area contributed by atoms with Crippen molar-refractivity contribution < 1.29 is 45.8 Å². The predicted octanol–water partition coefficient (Wildman–Crippen LogP) is 7.70. The normalized spacial score (nSPS) is 12.9. The molecule has 1 heterocycles. The smallest absolute Gasteiger partial charge is 0.481 e. The summed E-state index contributed by atoms with van der Waals surface area (Å²) in [6.45, 7) is 5.86. The SMILES string of the molecule is CC(C)(C)c1ccc(-n2ncc(C(=O)NC(CC(=O)O)c3ccc(-c4ccc(OC(F)(F)F)cc4)cc3)c2C(F)(F)F)cc1. The van der Waals surface area contributed by atoms with Crippen LogP contribution in [0, 0.1) is 0 Å². The van der Waals surface area contributed by atoms with Crippen molar-refractivity contribution in [3.8, 4) is 22.6 Å². The van der Waals surface area contributed by atoms with Crippen LogP contribution in [0.15, 0.2) is 79.0 Å². The van der Waals surface area contributed by atoms with Crippen molar-refractivity contribution in [3.05, 3.63) is 101 Å². The molecule has 4 aromatic rings. The average Bonchev–Trinajstić information content (AvgIpc) is 3.38. The fourth-order valence-corrected chi connectivity index (χ4v) is 4.51. The number of aliphatic carboxylic acids is 1. The zero-order valence-corrected chi connectivity index (χ0v) is 23.6. The molecule has 0 radical (unpaired) electrons. The number of rotatable bonds is 8. The summed E-state index contributed by atoms with van der Waals surface area (Å²) in [7, 11) is 0. The van der Waals surface area contributed by atoms with E-state index in [1.807, 2.05) is 20.8 Å². The molecule has 4 rings (SSSR count). The number of carbonyl (C=O) groups is 2. The quantitative estimate of drug-likeness (QED) is 0.197. The first-order chi connectivity index (χ1) is 20.4. The molecule has 0 saturated carbocycles. The zero-order chi connectivity index (χ0) is 32.4. The molecule has 0 fully saturated rings. The van der Waals surface area contributed by atoms with E-state index in [9.17, 15) is 41.0 Å². The fourth-order valence-electron chi connectivity index (χ4n) is 4.51. The number of alkyl halides is 6. The van der Waals surface area contributed by atoms with E-state index in [0.717, 1.165) is 23.9 Å². The average molecular weight is 620 g/mol. The maximum absolute atomic E-state index is 14.2. The van der Waals surface area contributed by atoms with Gasteiger partial charge in [-0.3, -0.25) is 9.59 Å². The molecule has 3 aromatic carbocycles. The van der Waals surface area contributed by atoms with Crippen LogP contribution in [-0.2, 0) is 16.4 Å². The molecule has 0 spiro atoms.